The molecule has 5 rings (SSSR count). The average Bonchev–Trinajstić information content (AvgIpc) is 3.40. The van der Waals surface area contributed by atoms with Crippen LogP contribution in [-0.2, 0) is 4.79 Å². The van der Waals surface area contributed by atoms with Gasteiger partial charge in [-0.3, -0.25) is 14.9 Å². The maximum atomic E-state index is 11.8. The third-order valence-corrected chi connectivity index (χ3v) is 6.58. The number of halogens is 1. The molecule has 0 saturated heterocycles. The van der Waals surface area contributed by atoms with Crippen molar-refractivity contribution in [3.8, 4) is 0 Å². The van der Waals surface area contributed by atoms with E-state index in [4.69, 9.17) is 16.7 Å². The van der Waals surface area contributed by atoms with Crippen LogP contribution in [0.15, 0.2) is 58.6 Å². The number of hydrazone groups is 1. The van der Waals surface area contributed by atoms with E-state index >= 15 is 0 Å². The average molecular weight is 466 g/mol. The first kappa shape index (κ1) is 20.6. The number of aryl methyl sites for hydroxylation is 1. The van der Waals surface area contributed by atoms with Gasteiger partial charge in [0.25, 0.3) is 11.6 Å². The van der Waals surface area contributed by atoms with Crippen LogP contribution in [0.2, 0.25) is 5.15 Å². The number of nitrogens with zero attached hydrogens (tertiary/aromatic N) is 5. The molecule has 2 aliphatic heterocycles. The van der Waals surface area contributed by atoms with E-state index in [9.17, 15) is 14.9 Å². The summed E-state index contributed by atoms with van der Waals surface area (Å²) in [6.07, 6.45) is 0.438. The molecule has 2 aliphatic rings. The van der Waals surface area contributed by atoms with Gasteiger partial charge in [0, 0.05) is 35.1 Å². The van der Waals surface area contributed by atoms with Gasteiger partial charge in [-0.2, -0.15) is 10.1 Å². The Morgan fingerprint density at radius 1 is 1.22 bits per heavy atom. The lowest BCUT2D eigenvalue weighted by molar-refractivity contribution is -0.384. The molecule has 0 bridgehead atoms. The van der Waals surface area contributed by atoms with Crippen molar-refractivity contribution in [1.29, 1.82) is 0 Å². The molecule has 10 heteroatoms. The summed E-state index contributed by atoms with van der Waals surface area (Å²) in [6, 6.07) is 13.9. The van der Waals surface area contributed by atoms with E-state index in [2.05, 4.69) is 9.98 Å². The number of aliphatic imine (C=N–C) groups is 1. The molecule has 32 heavy (non-hydrogen) atoms. The molecular weight excluding hydrogens is 450 g/mol. The smallest absolute Gasteiger partial charge is 0.270 e. The molecule has 1 atom stereocenters. The maximum absolute atomic E-state index is 11.8. The van der Waals surface area contributed by atoms with Gasteiger partial charge in [-0.25, -0.2) is 9.99 Å². The molecule has 1 amide bonds. The van der Waals surface area contributed by atoms with Crippen molar-refractivity contribution in [2.45, 2.75) is 19.4 Å². The quantitative estimate of drug-likeness (QED) is 0.310. The fourth-order valence-electron chi connectivity index (χ4n) is 3.84. The van der Waals surface area contributed by atoms with Crippen LogP contribution in [-0.4, -0.2) is 37.5 Å². The predicted molar refractivity (Wildman–Crippen MR) is 125 cm³/mol. The summed E-state index contributed by atoms with van der Waals surface area (Å²) >= 11 is 7.90. The number of nitro groups is 1. The largest absolute Gasteiger partial charge is 0.272 e. The maximum Gasteiger partial charge on any atom is 0.270 e. The summed E-state index contributed by atoms with van der Waals surface area (Å²) in [6.45, 7) is 2.01. The molecule has 3 aromatic rings. The normalized spacial score (nSPS) is 18.2. The van der Waals surface area contributed by atoms with Crippen molar-refractivity contribution < 1.29 is 9.72 Å². The van der Waals surface area contributed by atoms with Gasteiger partial charge in [-0.15, -0.1) is 0 Å². The van der Waals surface area contributed by atoms with Crippen LogP contribution < -0.4 is 0 Å². The minimum Gasteiger partial charge on any atom is -0.272 e. The molecule has 1 unspecified atom stereocenters. The Hall–Kier alpha value is -3.30. The SMILES string of the molecule is Cc1ccc2nc(Cl)c(C3CC(c4cccc([N+](=O)[O-])c4)=NN3C3=NC(=O)CS3)cc2c1. The Morgan fingerprint density at radius 2 is 2.06 bits per heavy atom. The molecule has 2 aromatic carbocycles. The fraction of sp³-hybridized carbons (Fsp3) is 0.182. The zero-order valence-electron chi connectivity index (χ0n) is 16.9. The number of aromatic nitrogens is 1. The number of benzene rings is 2. The van der Waals surface area contributed by atoms with Crippen molar-refractivity contribution in [2.75, 3.05) is 5.75 Å². The first-order valence-corrected chi connectivity index (χ1v) is 11.2. The summed E-state index contributed by atoms with van der Waals surface area (Å²) < 4.78 is 0. The van der Waals surface area contributed by atoms with E-state index in [1.165, 1.54) is 23.9 Å². The number of pyridine rings is 1. The Balaban J connectivity index is 1.60. The number of carbonyl (C=O) groups is 1. The van der Waals surface area contributed by atoms with Gasteiger partial charge in [0.05, 0.1) is 27.9 Å². The molecule has 0 aliphatic carbocycles. The summed E-state index contributed by atoms with van der Waals surface area (Å²) in [4.78, 5) is 31.3. The van der Waals surface area contributed by atoms with Crippen molar-refractivity contribution >= 4 is 56.7 Å². The molecule has 160 valence electrons. The third kappa shape index (κ3) is 3.74. The fourth-order valence-corrected chi connectivity index (χ4v) is 4.90. The van der Waals surface area contributed by atoms with E-state index in [0.29, 0.717) is 28.0 Å². The highest BCUT2D eigenvalue weighted by molar-refractivity contribution is 8.14. The number of amidine groups is 1. The number of nitro benzene ring substituents is 1. The lowest BCUT2D eigenvalue weighted by Crippen LogP contribution is -2.24. The monoisotopic (exact) mass is 465 g/mol. The van der Waals surface area contributed by atoms with E-state index in [0.717, 1.165) is 22.0 Å². The molecule has 0 saturated carbocycles. The summed E-state index contributed by atoms with van der Waals surface area (Å²) in [7, 11) is 0. The lowest BCUT2D eigenvalue weighted by atomic mass is 9.98. The molecule has 0 radical (unpaired) electrons. The van der Waals surface area contributed by atoms with E-state index in [-0.39, 0.29) is 23.4 Å². The minimum atomic E-state index is -0.434. The number of carbonyl (C=O) groups excluding carboxylic acids is 1. The zero-order valence-corrected chi connectivity index (χ0v) is 18.4. The van der Waals surface area contributed by atoms with Gasteiger partial charge in [0.1, 0.15) is 5.15 Å². The number of amides is 1. The van der Waals surface area contributed by atoms with Crippen molar-refractivity contribution in [1.82, 2.24) is 9.99 Å². The first-order chi connectivity index (χ1) is 15.4. The third-order valence-electron chi connectivity index (χ3n) is 5.35. The number of hydrogen-bond acceptors (Lipinski definition) is 7. The number of non-ortho nitro benzene ring substituents is 1. The van der Waals surface area contributed by atoms with E-state index < -0.39 is 4.92 Å². The number of hydrogen-bond donors (Lipinski definition) is 0. The van der Waals surface area contributed by atoms with Crippen molar-refractivity contribution in [3.05, 3.63) is 80.5 Å². The van der Waals surface area contributed by atoms with E-state index in [1.807, 2.05) is 31.2 Å². The van der Waals surface area contributed by atoms with E-state index in [1.54, 1.807) is 17.1 Å². The number of rotatable bonds is 3. The highest BCUT2D eigenvalue weighted by Gasteiger charge is 2.36. The Kier molecular flexibility index (Phi) is 5.15. The Bertz CT molecular complexity index is 1360. The van der Waals surface area contributed by atoms with Gasteiger partial charge in [0.15, 0.2) is 5.17 Å². The van der Waals surface area contributed by atoms with Gasteiger partial charge < -0.3 is 0 Å². The van der Waals surface area contributed by atoms with Crippen LogP contribution in [0, 0.1) is 17.0 Å². The Morgan fingerprint density at radius 3 is 2.81 bits per heavy atom. The van der Waals surface area contributed by atoms with Crippen LogP contribution in [0.5, 0.6) is 0 Å². The van der Waals surface area contributed by atoms with Crippen LogP contribution in [0.4, 0.5) is 5.69 Å². The second kappa shape index (κ2) is 7.99. The highest BCUT2D eigenvalue weighted by atomic mass is 35.5. The van der Waals surface area contributed by atoms with Gasteiger partial charge in [0.2, 0.25) is 0 Å². The molecule has 1 aromatic heterocycles. The highest BCUT2D eigenvalue weighted by Crippen LogP contribution is 2.40. The second-order valence-electron chi connectivity index (χ2n) is 7.56. The molecular formula is C22H16ClN5O3S. The van der Waals surface area contributed by atoms with Crippen LogP contribution in [0.1, 0.15) is 29.2 Å². The Labute approximate surface area is 192 Å². The van der Waals surface area contributed by atoms with Crippen molar-refractivity contribution in [2.24, 2.45) is 10.1 Å². The molecule has 3 heterocycles. The minimum absolute atomic E-state index is 0.0103. The molecule has 0 spiro atoms. The topological polar surface area (TPSA) is 101 Å². The predicted octanol–water partition coefficient (Wildman–Crippen LogP) is 4.89. The molecule has 0 fully saturated rings. The van der Waals surface area contributed by atoms with Gasteiger partial charge in [-0.1, -0.05) is 47.1 Å². The van der Waals surface area contributed by atoms with Gasteiger partial charge in [-0.05, 0) is 25.1 Å². The van der Waals surface area contributed by atoms with Crippen LogP contribution in [0.3, 0.4) is 0 Å². The summed E-state index contributed by atoms with van der Waals surface area (Å²) in [5, 5.41) is 19.4. The summed E-state index contributed by atoms with van der Waals surface area (Å²) in [5.41, 5.74) is 3.94. The molecule has 8 nitrogen and oxygen atoms in total. The molecule has 0 N–H and O–H groups in total. The number of fused-ring (bicyclic) bond motifs is 1. The van der Waals surface area contributed by atoms with Crippen LogP contribution >= 0.6 is 23.4 Å². The number of thioether (sulfide) groups is 1. The van der Waals surface area contributed by atoms with Gasteiger partial charge >= 0.3 is 0 Å². The first-order valence-electron chi connectivity index (χ1n) is 9.82. The van der Waals surface area contributed by atoms with Crippen molar-refractivity contribution in [3.63, 3.8) is 0 Å². The summed E-state index contributed by atoms with van der Waals surface area (Å²) in [5.74, 6) is 0.0319. The van der Waals surface area contributed by atoms with Crippen LogP contribution in [0.25, 0.3) is 10.9 Å². The standard InChI is InChI=1S/C22H16ClN5O3S/c1-12-5-6-17-14(7-12)9-16(21(23)24-17)19-10-18(13-3-2-4-15(8-13)28(30)31)26-27(19)22-25-20(29)11-32-22/h2-9,19H,10-11H2,1H3. The lowest BCUT2D eigenvalue weighted by Gasteiger charge is -2.23. The second-order valence-corrected chi connectivity index (χ2v) is 8.86. The zero-order chi connectivity index (χ0) is 22.4.